The van der Waals surface area contributed by atoms with Gasteiger partial charge in [0.15, 0.2) is 0 Å². The molecule has 0 heterocycles. The molecular formula is C23H22N2O5S. The van der Waals surface area contributed by atoms with Crippen LogP contribution in [0.4, 0.5) is 5.69 Å². The van der Waals surface area contributed by atoms with E-state index in [0.29, 0.717) is 0 Å². The summed E-state index contributed by atoms with van der Waals surface area (Å²) >= 11 is 0. The summed E-state index contributed by atoms with van der Waals surface area (Å²) in [5.41, 5.74) is 1.18. The maximum atomic E-state index is 13.1. The predicted octanol–water partition coefficient (Wildman–Crippen LogP) is 3.00. The van der Waals surface area contributed by atoms with Gasteiger partial charge in [0.2, 0.25) is 15.9 Å². The average molecular weight is 439 g/mol. The third kappa shape index (κ3) is 5.78. The topological polar surface area (TPSA) is 102 Å². The summed E-state index contributed by atoms with van der Waals surface area (Å²) in [5, 5.41) is 2.65. The number of anilines is 1. The summed E-state index contributed by atoms with van der Waals surface area (Å²) in [6.45, 7) is 0. The lowest BCUT2D eigenvalue weighted by Gasteiger charge is -2.19. The summed E-state index contributed by atoms with van der Waals surface area (Å²) in [6, 6.07) is 22.1. The van der Waals surface area contributed by atoms with E-state index in [4.69, 9.17) is 4.74 Å². The lowest BCUT2D eigenvalue weighted by atomic mass is 10.1. The third-order valence-corrected chi connectivity index (χ3v) is 6.03. The lowest BCUT2D eigenvalue weighted by molar-refractivity contribution is -0.117. The molecule has 0 aliphatic rings. The second-order valence-electron chi connectivity index (χ2n) is 6.70. The van der Waals surface area contributed by atoms with Gasteiger partial charge < -0.3 is 10.1 Å². The normalized spacial score (nSPS) is 12.0. The molecule has 0 aliphatic heterocycles. The molecule has 2 N–H and O–H groups in total. The van der Waals surface area contributed by atoms with Crippen LogP contribution < -0.4 is 10.0 Å². The molecule has 3 aromatic carbocycles. The standard InChI is InChI=1S/C23H22N2O5S/c1-30-23(27)19-14-8-9-15-20(19)24-22(26)21(16-17-10-4-2-5-11-17)25-31(28,29)18-12-6-3-7-13-18/h2-15,21,25H,16H2,1H3,(H,24,26)/t21-/m0/s1. The highest BCUT2D eigenvalue weighted by Gasteiger charge is 2.27. The van der Waals surface area contributed by atoms with Gasteiger partial charge in [-0.3, -0.25) is 4.79 Å². The Morgan fingerprint density at radius 3 is 2.10 bits per heavy atom. The number of hydrogen-bond acceptors (Lipinski definition) is 5. The molecule has 0 radical (unpaired) electrons. The van der Waals surface area contributed by atoms with E-state index in [1.165, 1.54) is 25.3 Å². The Morgan fingerprint density at radius 2 is 1.45 bits per heavy atom. The minimum absolute atomic E-state index is 0.0517. The van der Waals surface area contributed by atoms with Gasteiger partial charge in [-0.25, -0.2) is 13.2 Å². The number of esters is 1. The zero-order valence-electron chi connectivity index (χ0n) is 16.8. The molecule has 3 rings (SSSR count). The molecule has 0 aliphatic carbocycles. The minimum Gasteiger partial charge on any atom is -0.465 e. The molecule has 0 aromatic heterocycles. The molecule has 3 aromatic rings. The van der Waals surface area contributed by atoms with Crippen molar-refractivity contribution in [2.24, 2.45) is 0 Å². The molecule has 0 fully saturated rings. The van der Waals surface area contributed by atoms with Crippen LogP contribution in [0, 0.1) is 0 Å². The fourth-order valence-electron chi connectivity index (χ4n) is 2.99. The van der Waals surface area contributed by atoms with Gasteiger partial charge in [0.25, 0.3) is 0 Å². The summed E-state index contributed by atoms with van der Waals surface area (Å²) in [4.78, 5) is 25.2. The van der Waals surface area contributed by atoms with Gasteiger partial charge >= 0.3 is 5.97 Å². The Labute approximate surface area is 181 Å². The second-order valence-corrected chi connectivity index (χ2v) is 8.42. The van der Waals surface area contributed by atoms with Crippen LogP contribution in [0.25, 0.3) is 0 Å². The highest BCUT2D eigenvalue weighted by molar-refractivity contribution is 7.89. The van der Waals surface area contributed by atoms with E-state index in [0.717, 1.165) is 5.56 Å². The zero-order valence-corrected chi connectivity index (χ0v) is 17.6. The quantitative estimate of drug-likeness (QED) is 0.527. The Bertz CT molecular complexity index is 1150. The molecule has 160 valence electrons. The summed E-state index contributed by atoms with van der Waals surface area (Å²) in [5.74, 6) is -1.21. The van der Waals surface area contributed by atoms with Gasteiger partial charge in [0.05, 0.1) is 23.3 Å². The first-order valence-electron chi connectivity index (χ1n) is 9.50. The average Bonchev–Trinajstić information content (AvgIpc) is 2.79. The fraction of sp³-hybridized carbons (Fsp3) is 0.130. The number of nitrogens with one attached hydrogen (secondary N) is 2. The summed E-state index contributed by atoms with van der Waals surface area (Å²) in [7, 11) is -2.71. The van der Waals surface area contributed by atoms with Gasteiger partial charge in [-0.05, 0) is 36.2 Å². The largest absolute Gasteiger partial charge is 0.465 e. The Kier molecular flexibility index (Phi) is 7.17. The SMILES string of the molecule is COC(=O)c1ccccc1NC(=O)[C@H](Cc1ccccc1)NS(=O)(=O)c1ccccc1. The van der Waals surface area contributed by atoms with Crippen LogP contribution in [-0.2, 0) is 26.0 Å². The number of amides is 1. The number of hydrogen-bond donors (Lipinski definition) is 2. The fourth-order valence-corrected chi connectivity index (χ4v) is 4.21. The maximum Gasteiger partial charge on any atom is 0.339 e. The Balaban J connectivity index is 1.89. The van der Waals surface area contributed by atoms with Crippen molar-refractivity contribution in [3.8, 4) is 0 Å². The van der Waals surface area contributed by atoms with Crippen LogP contribution in [0.5, 0.6) is 0 Å². The first-order chi connectivity index (χ1) is 14.9. The molecule has 0 saturated carbocycles. The number of sulfonamides is 1. The van der Waals surface area contributed by atoms with Crippen LogP contribution >= 0.6 is 0 Å². The van der Waals surface area contributed by atoms with Crippen molar-refractivity contribution in [1.29, 1.82) is 0 Å². The minimum atomic E-state index is -3.95. The molecule has 31 heavy (non-hydrogen) atoms. The van der Waals surface area contributed by atoms with Crippen LogP contribution in [0.1, 0.15) is 15.9 Å². The van der Waals surface area contributed by atoms with Crippen LogP contribution in [-0.4, -0.2) is 33.4 Å². The number of benzene rings is 3. The highest BCUT2D eigenvalue weighted by atomic mass is 32.2. The maximum absolute atomic E-state index is 13.1. The van der Waals surface area contributed by atoms with Gasteiger partial charge in [-0.2, -0.15) is 4.72 Å². The lowest BCUT2D eigenvalue weighted by Crippen LogP contribution is -2.45. The number of carbonyl (C=O) groups excluding carboxylic acids is 2. The van der Waals surface area contributed by atoms with Gasteiger partial charge in [-0.1, -0.05) is 60.7 Å². The molecule has 1 atom stereocenters. The molecule has 0 spiro atoms. The van der Waals surface area contributed by atoms with Crippen molar-refractivity contribution in [3.05, 3.63) is 96.1 Å². The highest BCUT2D eigenvalue weighted by Crippen LogP contribution is 2.18. The third-order valence-electron chi connectivity index (χ3n) is 4.54. The number of methoxy groups -OCH3 is 1. The van der Waals surface area contributed by atoms with Gasteiger partial charge in [-0.15, -0.1) is 0 Å². The van der Waals surface area contributed by atoms with E-state index in [2.05, 4.69) is 10.0 Å². The van der Waals surface area contributed by atoms with E-state index < -0.39 is 27.9 Å². The molecule has 0 bridgehead atoms. The second kappa shape index (κ2) is 10.0. The van der Waals surface area contributed by atoms with Crippen LogP contribution in [0.2, 0.25) is 0 Å². The number of para-hydroxylation sites is 1. The first-order valence-corrected chi connectivity index (χ1v) is 11.0. The number of carbonyl (C=O) groups is 2. The van der Waals surface area contributed by atoms with E-state index >= 15 is 0 Å². The molecule has 0 saturated heterocycles. The van der Waals surface area contributed by atoms with Crippen molar-refractivity contribution < 1.29 is 22.7 Å². The molecule has 1 amide bonds. The van der Waals surface area contributed by atoms with Crippen LogP contribution in [0.3, 0.4) is 0 Å². The molecular weight excluding hydrogens is 416 g/mol. The Morgan fingerprint density at radius 1 is 0.871 bits per heavy atom. The van der Waals surface area contributed by atoms with Crippen molar-refractivity contribution in [2.75, 3.05) is 12.4 Å². The van der Waals surface area contributed by atoms with Crippen molar-refractivity contribution in [2.45, 2.75) is 17.4 Å². The number of rotatable bonds is 8. The first kappa shape index (κ1) is 22.2. The smallest absolute Gasteiger partial charge is 0.339 e. The summed E-state index contributed by atoms with van der Waals surface area (Å²) < 4.78 is 32.9. The monoisotopic (exact) mass is 438 g/mol. The zero-order chi connectivity index (χ0) is 22.3. The molecule has 8 heteroatoms. The molecule has 0 unspecified atom stereocenters. The Hall–Kier alpha value is -3.49. The van der Waals surface area contributed by atoms with E-state index in [1.54, 1.807) is 48.5 Å². The number of ether oxygens (including phenoxy) is 1. The van der Waals surface area contributed by atoms with Gasteiger partial charge in [0, 0.05) is 0 Å². The van der Waals surface area contributed by atoms with Crippen LogP contribution in [0.15, 0.2) is 89.8 Å². The van der Waals surface area contributed by atoms with E-state index in [1.807, 2.05) is 18.2 Å². The van der Waals surface area contributed by atoms with Crippen molar-refractivity contribution in [1.82, 2.24) is 4.72 Å². The van der Waals surface area contributed by atoms with Gasteiger partial charge in [0.1, 0.15) is 6.04 Å². The van der Waals surface area contributed by atoms with Crippen molar-refractivity contribution in [3.63, 3.8) is 0 Å². The van der Waals surface area contributed by atoms with Crippen molar-refractivity contribution >= 4 is 27.6 Å². The molecule has 7 nitrogen and oxygen atoms in total. The van der Waals surface area contributed by atoms with E-state index in [-0.39, 0.29) is 22.6 Å². The van der Waals surface area contributed by atoms with E-state index in [9.17, 15) is 18.0 Å². The predicted molar refractivity (Wildman–Crippen MR) is 117 cm³/mol. The summed E-state index contributed by atoms with van der Waals surface area (Å²) in [6.07, 6.45) is 0.124.